The van der Waals surface area contributed by atoms with Gasteiger partial charge in [-0.1, -0.05) is 0 Å². The molecule has 0 aliphatic rings. The van der Waals surface area contributed by atoms with Crippen molar-refractivity contribution < 1.29 is 4.55 Å². The SMILES string of the molecule is CN=c1[nH][s+]([O-])[nH]c1=NCCSCc1nc[nH]c1C.Cl. The predicted molar refractivity (Wildman–Crippen MR) is 82.4 cm³/mol. The molecule has 7 nitrogen and oxygen atoms in total. The van der Waals surface area contributed by atoms with Crippen molar-refractivity contribution in [3.05, 3.63) is 28.7 Å². The van der Waals surface area contributed by atoms with Gasteiger partial charge in [0, 0.05) is 24.2 Å². The first kappa shape index (κ1) is 17.0. The first-order valence-electron chi connectivity index (χ1n) is 5.74. The monoisotopic (exact) mass is 336 g/mol. The molecule has 0 aliphatic carbocycles. The summed E-state index contributed by atoms with van der Waals surface area (Å²) in [6, 6.07) is 0. The molecule has 1 unspecified atom stereocenters. The Morgan fingerprint density at radius 3 is 2.80 bits per heavy atom. The topological polar surface area (TPSA) is 108 Å². The zero-order chi connectivity index (χ0) is 13.7. The lowest BCUT2D eigenvalue weighted by Crippen LogP contribution is -2.25. The van der Waals surface area contributed by atoms with Gasteiger partial charge in [-0.05, 0) is 6.92 Å². The Bertz CT molecular complexity index is 655. The van der Waals surface area contributed by atoms with E-state index in [0.717, 1.165) is 22.9 Å². The first-order chi connectivity index (χ1) is 9.20. The third-order valence-corrected chi connectivity index (χ3v) is 4.21. The first-order valence-corrected chi connectivity index (χ1v) is 8.04. The second-order valence-corrected chi connectivity index (χ2v) is 5.85. The number of halogens is 1. The van der Waals surface area contributed by atoms with Crippen molar-refractivity contribution in [2.75, 3.05) is 19.3 Å². The van der Waals surface area contributed by atoms with Crippen LogP contribution in [0.25, 0.3) is 0 Å². The molecule has 2 aromatic rings. The molecule has 0 amide bonds. The molecule has 2 aromatic heterocycles. The van der Waals surface area contributed by atoms with Crippen LogP contribution in [0.3, 0.4) is 0 Å². The summed E-state index contributed by atoms with van der Waals surface area (Å²) >= 11 is 0.465. The Balaban J connectivity index is 0.00000200. The fourth-order valence-corrected chi connectivity index (χ4v) is 3.08. The molecule has 1 atom stereocenters. The summed E-state index contributed by atoms with van der Waals surface area (Å²) in [5.41, 5.74) is 3.30. The number of aromatic nitrogens is 4. The van der Waals surface area contributed by atoms with Crippen LogP contribution in [0.15, 0.2) is 16.3 Å². The Morgan fingerprint density at radius 1 is 1.40 bits per heavy atom. The van der Waals surface area contributed by atoms with E-state index in [9.17, 15) is 4.55 Å². The van der Waals surface area contributed by atoms with Crippen molar-refractivity contribution in [2.24, 2.45) is 9.98 Å². The Labute approximate surface area is 129 Å². The van der Waals surface area contributed by atoms with Crippen molar-refractivity contribution in [3.63, 3.8) is 0 Å². The third kappa shape index (κ3) is 4.51. The molecule has 0 spiro atoms. The number of rotatable bonds is 5. The third-order valence-electron chi connectivity index (χ3n) is 2.51. The highest BCUT2D eigenvalue weighted by atomic mass is 35.5. The number of nitrogens with one attached hydrogen (secondary N) is 3. The maximum atomic E-state index is 11.2. The van der Waals surface area contributed by atoms with E-state index in [1.807, 2.05) is 6.92 Å². The average Bonchev–Trinajstić information content (AvgIpc) is 2.95. The summed E-state index contributed by atoms with van der Waals surface area (Å²) < 4.78 is 16.6. The maximum absolute atomic E-state index is 11.2. The Hall–Kier alpha value is -1.03. The highest BCUT2D eigenvalue weighted by Gasteiger charge is 2.01. The summed E-state index contributed by atoms with van der Waals surface area (Å²) in [6.45, 7) is 2.66. The maximum Gasteiger partial charge on any atom is 0.219 e. The van der Waals surface area contributed by atoms with Gasteiger partial charge in [0.15, 0.2) is 0 Å². The molecule has 112 valence electrons. The second kappa shape index (κ2) is 8.30. The van der Waals surface area contributed by atoms with Crippen LogP contribution in [0, 0.1) is 6.92 Å². The van der Waals surface area contributed by atoms with E-state index in [1.54, 1.807) is 25.1 Å². The number of aryl methyl sites for hydroxylation is 1. The molecule has 0 aromatic carbocycles. The largest absolute Gasteiger partial charge is 0.549 e. The minimum atomic E-state index is -1.30. The van der Waals surface area contributed by atoms with Gasteiger partial charge in [-0.25, -0.2) is 4.98 Å². The van der Waals surface area contributed by atoms with Crippen LogP contribution in [-0.4, -0.2) is 42.6 Å². The molecule has 0 saturated heterocycles. The Morgan fingerprint density at radius 2 is 2.15 bits per heavy atom. The summed E-state index contributed by atoms with van der Waals surface area (Å²) in [5.74, 6) is 1.74. The molecule has 0 bridgehead atoms. The van der Waals surface area contributed by atoms with Crippen molar-refractivity contribution in [1.82, 2.24) is 18.7 Å². The molecule has 10 heteroatoms. The van der Waals surface area contributed by atoms with Crippen LogP contribution in [0.5, 0.6) is 0 Å². The molecule has 0 saturated carbocycles. The molecule has 0 fully saturated rings. The van der Waals surface area contributed by atoms with Crippen molar-refractivity contribution in [2.45, 2.75) is 12.7 Å². The lowest BCUT2D eigenvalue weighted by atomic mass is 10.4. The van der Waals surface area contributed by atoms with Gasteiger partial charge in [0.2, 0.25) is 11.0 Å². The zero-order valence-electron chi connectivity index (χ0n) is 11.2. The van der Waals surface area contributed by atoms with Crippen molar-refractivity contribution >= 4 is 35.3 Å². The fraction of sp³-hybridized carbons (Fsp3) is 0.500. The summed E-state index contributed by atoms with van der Waals surface area (Å²) in [4.78, 5) is 15.6. The van der Waals surface area contributed by atoms with Gasteiger partial charge in [0.05, 0.1) is 18.6 Å². The van der Waals surface area contributed by atoms with Crippen LogP contribution in [0.1, 0.15) is 11.4 Å². The smallest absolute Gasteiger partial charge is 0.219 e. The van der Waals surface area contributed by atoms with E-state index in [1.165, 1.54) is 0 Å². The quantitative estimate of drug-likeness (QED) is 0.557. The normalized spacial score (nSPS) is 13.7. The highest BCUT2D eigenvalue weighted by molar-refractivity contribution is 7.98. The van der Waals surface area contributed by atoms with Crippen LogP contribution in [0.4, 0.5) is 0 Å². The Kier molecular flexibility index (Phi) is 7.06. The van der Waals surface area contributed by atoms with Gasteiger partial charge in [0.1, 0.15) is 11.1 Å². The molecular weight excluding hydrogens is 320 g/mol. The summed E-state index contributed by atoms with van der Waals surface area (Å²) in [6.07, 6.45) is 1.71. The predicted octanol–water partition coefficient (Wildman–Crippen LogP) is 0.888. The average molecular weight is 337 g/mol. The van der Waals surface area contributed by atoms with Gasteiger partial charge in [-0.3, -0.25) is 9.98 Å². The van der Waals surface area contributed by atoms with E-state index in [4.69, 9.17) is 0 Å². The van der Waals surface area contributed by atoms with Crippen LogP contribution >= 0.6 is 35.3 Å². The number of thioether (sulfide) groups is 1. The number of aromatic amines is 3. The fourth-order valence-electron chi connectivity index (χ4n) is 1.48. The lowest BCUT2D eigenvalue weighted by Gasteiger charge is -1.97. The number of hydrogen-bond donors (Lipinski definition) is 3. The van der Waals surface area contributed by atoms with Crippen molar-refractivity contribution in [3.8, 4) is 0 Å². The lowest BCUT2D eigenvalue weighted by molar-refractivity contribution is 0.584. The van der Waals surface area contributed by atoms with Gasteiger partial charge in [-0.15, -0.1) is 12.4 Å². The van der Waals surface area contributed by atoms with E-state index in [-0.39, 0.29) is 12.4 Å². The van der Waals surface area contributed by atoms with Crippen LogP contribution in [-0.2, 0) is 5.75 Å². The molecule has 3 N–H and O–H groups in total. The molecular formula is C10H17ClN6OS2. The van der Waals surface area contributed by atoms with E-state index < -0.39 is 11.1 Å². The minimum Gasteiger partial charge on any atom is -0.549 e. The number of hydrogen-bond acceptors (Lipinski definition) is 5. The van der Waals surface area contributed by atoms with E-state index >= 15 is 0 Å². The zero-order valence-corrected chi connectivity index (χ0v) is 13.6. The molecule has 2 rings (SSSR count). The van der Waals surface area contributed by atoms with Crippen molar-refractivity contribution in [1.29, 1.82) is 0 Å². The van der Waals surface area contributed by atoms with Gasteiger partial charge < -0.3 is 9.54 Å². The van der Waals surface area contributed by atoms with E-state index in [2.05, 4.69) is 28.7 Å². The van der Waals surface area contributed by atoms with Crippen LogP contribution < -0.4 is 11.0 Å². The summed E-state index contributed by atoms with van der Waals surface area (Å²) in [5, 5.41) is 0. The number of nitrogens with zero attached hydrogens (tertiary/aromatic N) is 3. The number of imidazole rings is 1. The molecule has 2 heterocycles. The molecule has 0 aliphatic heterocycles. The minimum absolute atomic E-state index is 0. The standard InChI is InChI=1S/C10H16N6OS2.ClH/c1-7-8(14-6-13-7)5-18-4-3-12-10-9(11-2)15-19(17)16-10;/h6H,3-5H2,1-2H3,(H,11,15)(H,12,16)(H,13,14);1H. The second-order valence-electron chi connectivity index (χ2n) is 3.80. The molecule has 20 heavy (non-hydrogen) atoms. The van der Waals surface area contributed by atoms with Crippen LogP contribution in [0.2, 0.25) is 0 Å². The highest BCUT2D eigenvalue weighted by Crippen LogP contribution is 2.11. The molecule has 0 radical (unpaired) electrons. The van der Waals surface area contributed by atoms with E-state index in [0.29, 0.717) is 17.5 Å². The van der Waals surface area contributed by atoms with Gasteiger partial charge in [-0.2, -0.15) is 20.5 Å². The number of H-pyrrole nitrogens is 3. The summed E-state index contributed by atoms with van der Waals surface area (Å²) in [7, 11) is 1.64. The van der Waals surface area contributed by atoms with Gasteiger partial charge in [0.25, 0.3) is 0 Å². The van der Waals surface area contributed by atoms with Gasteiger partial charge >= 0.3 is 0 Å².